The van der Waals surface area contributed by atoms with Crippen LogP contribution in [0.5, 0.6) is 5.75 Å². The predicted octanol–water partition coefficient (Wildman–Crippen LogP) is 2.56. The number of hydrogen-bond donors (Lipinski definition) is 2. The van der Waals surface area contributed by atoms with Crippen molar-refractivity contribution in [1.82, 2.24) is 25.2 Å². The monoisotopic (exact) mass is 469 g/mol. The van der Waals surface area contributed by atoms with Gasteiger partial charge in [-0.2, -0.15) is 0 Å². The summed E-state index contributed by atoms with van der Waals surface area (Å²) < 4.78 is 7.62. The van der Waals surface area contributed by atoms with Crippen LogP contribution < -0.4 is 10.1 Å². The Bertz CT molecular complexity index is 1010. The first-order chi connectivity index (χ1) is 16.2. The molecule has 9 heteroatoms. The van der Waals surface area contributed by atoms with Crippen molar-refractivity contribution < 1.29 is 19.4 Å². The van der Waals surface area contributed by atoms with Gasteiger partial charge in [0.15, 0.2) is 0 Å². The molecule has 0 bridgehead atoms. The molecule has 34 heavy (non-hydrogen) atoms. The van der Waals surface area contributed by atoms with Gasteiger partial charge < -0.3 is 20.1 Å². The third kappa shape index (κ3) is 5.09. The summed E-state index contributed by atoms with van der Waals surface area (Å²) >= 11 is 0. The maximum atomic E-state index is 13.7. The molecule has 2 N–H and O–H groups in total. The number of aliphatic hydroxyl groups is 1. The third-order valence-electron chi connectivity index (χ3n) is 6.70. The standard InChI is InChI=1S/C25H35N5O4/c1-25(2,3)22(24(33)29-14-17(31)13-21(29)23(32)26-4)30-15-20(27-28-30)16-9-11-19(12-10-16)34-18-7-5-6-8-18/h9-12,15,17-18,21-22,31H,5-8,13-14H2,1-4H3,(H,26,32)/t17-,21+,22-/m1/s1. The second-order valence-corrected chi connectivity index (χ2v) is 10.4. The lowest BCUT2D eigenvalue weighted by Gasteiger charge is -2.34. The number of ether oxygens (including phenoxy) is 1. The molecule has 184 valence electrons. The number of likely N-dealkylation sites (tertiary alicyclic amines) is 1. The maximum absolute atomic E-state index is 13.7. The minimum Gasteiger partial charge on any atom is -0.490 e. The number of nitrogens with zero attached hydrogens (tertiary/aromatic N) is 4. The first-order valence-corrected chi connectivity index (χ1v) is 12.1. The molecule has 2 aromatic rings. The Morgan fingerprint density at radius 2 is 1.85 bits per heavy atom. The van der Waals surface area contributed by atoms with Crippen LogP contribution in [0.25, 0.3) is 11.3 Å². The Kier molecular flexibility index (Phi) is 6.93. The predicted molar refractivity (Wildman–Crippen MR) is 127 cm³/mol. The second kappa shape index (κ2) is 9.74. The first kappa shape index (κ1) is 24.2. The second-order valence-electron chi connectivity index (χ2n) is 10.4. The molecule has 2 aliphatic rings. The van der Waals surface area contributed by atoms with Crippen LogP contribution in [-0.2, 0) is 9.59 Å². The summed E-state index contributed by atoms with van der Waals surface area (Å²) in [7, 11) is 1.53. The van der Waals surface area contributed by atoms with Crippen LogP contribution in [0.4, 0.5) is 0 Å². The van der Waals surface area contributed by atoms with E-state index in [9.17, 15) is 14.7 Å². The number of benzene rings is 1. The Morgan fingerprint density at radius 3 is 2.47 bits per heavy atom. The summed E-state index contributed by atoms with van der Waals surface area (Å²) in [4.78, 5) is 27.5. The van der Waals surface area contributed by atoms with Crippen LogP contribution in [0.3, 0.4) is 0 Å². The fourth-order valence-electron chi connectivity index (χ4n) is 4.95. The van der Waals surface area contributed by atoms with Crippen molar-refractivity contribution in [1.29, 1.82) is 0 Å². The van der Waals surface area contributed by atoms with Crippen LogP contribution >= 0.6 is 0 Å². The zero-order valence-corrected chi connectivity index (χ0v) is 20.4. The van der Waals surface area contributed by atoms with Gasteiger partial charge in [0.25, 0.3) is 0 Å². The lowest BCUT2D eigenvalue weighted by atomic mass is 9.85. The quantitative estimate of drug-likeness (QED) is 0.673. The minimum absolute atomic E-state index is 0.119. The highest BCUT2D eigenvalue weighted by molar-refractivity contribution is 5.90. The van der Waals surface area contributed by atoms with Gasteiger partial charge in [-0.1, -0.05) is 26.0 Å². The Morgan fingerprint density at radius 1 is 1.18 bits per heavy atom. The molecule has 3 atom stereocenters. The molecule has 9 nitrogen and oxygen atoms in total. The highest BCUT2D eigenvalue weighted by Gasteiger charge is 2.45. The van der Waals surface area contributed by atoms with Crippen molar-refractivity contribution in [3.8, 4) is 17.0 Å². The van der Waals surface area contributed by atoms with E-state index in [-0.39, 0.29) is 24.8 Å². The van der Waals surface area contributed by atoms with Gasteiger partial charge in [-0.3, -0.25) is 9.59 Å². The lowest BCUT2D eigenvalue weighted by Crippen LogP contribution is -2.49. The molecule has 0 unspecified atom stereocenters. The zero-order valence-electron chi connectivity index (χ0n) is 20.4. The van der Waals surface area contributed by atoms with Gasteiger partial charge in [-0.15, -0.1) is 5.10 Å². The number of aliphatic hydroxyl groups excluding tert-OH is 1. The Hall–Kier alpha value is -2.94. The van der Waals surface area contributed by atoms with E-state index in [2.05, 4.69) is 15.6 Å². The van der Waals surface area contributed by atoms with Crippen molar-refractivity contribution in [3.05, 3.63) is 30.5 Å². The van der Waals surface area contributed by atoms with E-state index in [0.717, 1.165) is 24.2 Å². The van der Waals surface area contributed by atoms with E-state index < -0.39 is 23.6 Å². The van der Waals surface area contributed by atoms with Crippen molar-refractivity contribution >= 4 is 11.8 Å². The molecule has 1 saturated heterocycles. The van der Waals surface area contributed by atoms with E-state index in [0.29, 0.717) is 11.8 Å². The van der Waals surface area contributed by atoms with E-state index in [1.165, 1.54) is 24.8 Å². The summed E-state index contributed by atoms with van der Waals surface area (Å²) in [5.74, 6) is 0.310. The normalized spacial score (nSPS) is 22.1. The van der Waals surface area contributed by atoms with Gasteiger partial charge in [-0.25, -0.2) is 4.68 Å². The smallest absolute Gasteiger partial charge is 0.248 e. The fraction of sp³-hybridized carbons (Fsp3) is 0.600. The third-order valence-corrected chi connectivity index (χ3v) is 6.70. The van der Waals surface area contributed by atoms with Gasteiger partial charge in [0.1, 0.15) is 23.5 Å². The number of aromatic nitrogens is 3. The number of β-amino-alcohol motifs (C(OH)–C–C–N with tert-alkyl or cyclic N) is 1. The van der Waals surface area contributed by atoms with Crippen molar-refractivity contribution in [3.63, 3.8) is 0 Å². The molecule has 1 aromatic heterocycles. The summed E-state index contributed by atoms with van der Waals surface area (Å²) in [6, 6.07) is 6.40. The van der Waals surface area contributed by atoms with E-state index in [1.54, 1.807) is 10.9 Å². The zero-order chi connectivity index (χ0) is 24.5. The molecule has 1 aromatic carbocycles. The molecule has 4 rings (SSSR count). The van der Waals surface area contributed by atoms with Gasteiger partial charge in [0.2, 0.25) is 11.8 Å². The summed E-state index contributed by atoms with van der Waals surface area (Å²) in [5.41, 5.74) is 1.03. The molecule has 2 amide bonds. The SMILES string of the molecule is CNC(=O)[C@@H]1C[C@@H](O)CN1C(=O)[C@@H](n1cc(-c2ccc(OC3CCCC3)cc2)nn1)C(C)(C)C. The number of likely N-dealkylation sites (N-methyl/N-ethyl adjacent to an activating group) is 1. The molecule has 0 spiro atoms. The number of rotatable bonds is 6. The molecule has 0 radical (unpaired) electrons. The largest absolute Gasteiger partial charge is 0.490 e. The van der Waals surface area contributed by atoms with E-state index in [4.69, 9.17) is 4.74 Å². The molecule has 1 aliphatic heterocycles. The Balaban J connectivity index is 1.55. The molecular weight excluding hydrogens is 434 g/mol. The molecule has 2 heterocycles. The number of carbonyl (C=O) groups excluding carboxylic acids is 2. The molecule has 1 aliphatic carbocycles. The van der Waals surface area contributed by atoms with Crippen LogP contribution in [0.2, 0.25) is 0 Å². The average Bonchev–Trinajstić information content (AvgIpc) is 3.54. The number of carbonyl (C=O) groups is 2. The summed E-state index contributed by atoms with van der Waals surface area (Å²) in [6.07, 6.45) is 6.21. The lowest BCUT2D eigenvalue weighted by molar-refractivity contribution is -0.144. The van der Waals surface area contributed by atoms with E-state index in [1.807, 2.05) is 45.0 Å². The fourth-order valence-corrected chi connectivity index (χ4v) is 4.95. The van der Waals surface area contributed by atoms with Gasteiger partial charge in [0, 0.05) is 25.6 Å². The first-order valence-electron chi connectivity index (χ1n) is 12.1. The number of nitrogens with one attached hydrogen (secondary N) is 1. The molecule has 2 fully saturated rings. The van der Waals surface area contributed by atoms with E-state index >= 15 is 0 Å². The van der Waals surface area contributed by atoms with Crippen LogP contribution in [-0.4, -0.2) is 68.7 Å². The van der Waals surface area contributed by atoms with Crippen LogP contribution in [0, 0.1) is 5.41 Å². The highest BCUT2D eigenvalue weighted by Crippen LogP contribution is 2.35. The molecular formula is C25H35N5O4. The van der Waals surface area contributed by atoms with Crippen molar-refractivity contribution in [2.75, 3.05) is 13.6 Å². The Labute approximate surface area is 200 Å². The topological polar surface area (TPSA) is 110 Å². The minimum atomic E-state index is -0.733. The highest BCUT2D eigenvalue weighted by atomic mass is 16.5. The van der Waals surface area contributed by atoms with Crippen LogP contribution in [0.15, 0.2) is 30.5 Å². The maximum Gasteiger partial charge on any atom is 0.248 e. The van der Waals surface area contributed by atoms with Crippen molar-refractivity contribution in [2.45, 2.75) is 77.2 Å². The van der Waals surface area contributed by atoms with Gasteiger partial charge in [0.05, 0.1) is 18.4 Å². The van der Waals surface area contributed by atoms with Crippen molar-refractivity contribution in [2.24, 2.45) is 5.41 Å². The van der Waals surface area contributed by atoms with Crippen LogP contribution in [0.1, 0.15) is 58.9 Å². The summed E-state index contributed by atoms with van der Waals surface area (Å²) in [6.45, 7) is 5.97. The van der Waals surface area contributed by atoms with Gasteiger partial charge >= 0.3 is 0 Å². The number of hydrogen-bond acceptors (Lipinski definition) is 6. The summed E-state index contributed by atoms with van der Waals surface area (Å²) in [5, 5.41) is 21.4. The number of amides is 2. The van der Waals surface area contributed by atoms with Gasteiger partial charge in [-0.05, 0) is 55.4 Å². The average molecular weight is 470 g/mol. The molecule has 1 saturated carbocycles.